The van der Waals surface area contributed by atoms with Crippen LogP contribution in [0.25, 0.3) is 6.08 Å². The Morgan fingerprint density at radius 2 is 1.31 bits per heavy atom. The van der Waals surface area contributed by atoms with Crippen molar-refractivity contribution in [3.05, 3.63) is 40.7 Å². The van der Waals surface area contributed by atoms with Crippen LogP contribution in [0.2, 0.25) is 0 Å². The predicted octanol–water partition coefficient (Wildman–Crippen LogP) is 2.90. The van der Waals surface area contributed by atoms with Crippen molar-refractivity contribution in [2.45, 2.75) is 6.42 Å². The lowest BCUT2D eigenvalue weighted by Gasteiger charge is -2.03. The molecule has 0 aliphatic carbocycles. The molecule has 0 fully saturated rings. The van der Waals surface area contributed by atoms with E-state index in [1.165, 1.54) is 6.29 Å². The lowest BCUT2D eigenvalue weighted by Crippen LogP contribution is -2.03. The van der Waals surface area contributed by atoms with Crippen LogP contribution in [0, 0.1) is 29.1 Å². The Balaban J connectivity index is 3.34. The summed E-state index contributed by atoms with van der Waals surface area (Å²) in [7, 11) is 0. The van der Waals surface area contributed by atoms with Gasteiger partial charge in [0.1, 0.15) is 0 Å². The summed E-state index contributed by atoms with van der Waals surface area (Å²) in [5.41, 5.74) is -1.08. The number of carbonyl (C=O) groups excluding carboxylic acids is 1. The Kier molecular flexibility index (Phi) is 3.76. The van der Waals surface area contributed by atoms with E-state index < -0.39 is 34.6 Å². The Morgan fingerprint density at radius 3 is 1.75 bits per heavy atom. The van der Waals surface area contributed by atoms with Crippen LogP contribution in [0.15, 0.2) is 6.08 Å². The molecule has 1 radical (unpaired) electrons. The van der Waals surface area contributed by atoms with Crippen molar-refractivity contribution in [2.24, 2.45) is 0 Å². The van der Waals surface area contributed by atoms with E-state index in [1.54, 1.807) is 0 Å². The zero-order valence-corrected chi connectivity index (χ0v) is 7.66. The van der Waals surface area contributed by atoms with Crippen molar-refractivity contribution in [2.75, 3.05) is 0 Å². The Hall–Kier alpha value is -1.72. The molecule has 0 aliphatic heterocycles. The van der Waals surface area contributed by atoms with Gasteiger partial charge < -0.3 is 0 Å². The van der Waals surface area contributed by atoms with Crippen LogP contribution >= 0.6 is 0 Å². The fourth-order valence-electron chi connectivity index (χ4n) is 0.993. The third-order valence-corrected chi connectivity index (χ3v) is 1.73. The van der Waals surface area contributed by atoms with Crippen molar-refractivity contribution >= 4 is 12.4 Å². The molecular formula is C10H4F5O. The van der Waals surface area contributed by atoms with Gasteiger partial charge in [-0.05, 0) is 0 Å². The largest absolute Gasteiger partial charge is 0.291 e. The molecule has 6 heteroatoms. The molecule has 0 spiro atoms. The molecular weight excluding hydrogens is 231 g/mol. The molecule has 85 valence electrons. The van der Waals surface area contributed by atoms with E-state index in [-0.39, 0.29) is 6.42 Å². The van der Waals surface area contributed by atoms with E-state index in [1.807, 2.05) is 0 Å². The van der Waals surface area contributed by atoms with Crippen LogP contribution in [-0.4, -0.2) is 6.29 Å². The first-order valence-corrected chi connectivity index (χ1v) is 4.03. The third-order valence-electron chi connectivity index (χ3n) is 1.73. The molecule has 16 heavy (non-hydrogen) atoms. The maximum Gasteiger partial charge on any atom is 0.202 e. The van der Waals surface area contributed by atoms with Gasteiger partial charge in [-0.3, -0.25) is 4.79 Å². The minimum atomic E-state index is -2.21. The number of benzene rings is 1. The fourth-order valence-corrected chi connectivity index (χ4v) is 0.993. The van der Waals surface area contributed by atoms with Gasteiger partial charge in [0.05, 0.1) is 5.56 Å². The van der Waals surface area contributed by atoms with Crippen LogP contribution in [0.3, 0.4) is 0 Å². The molecule has 0 aliphatic rings. The van der Waals surface area contributed by atoms with E-state index in [9.17, 15) is 26.7 Å². The van der Waals surface area contributed by atoms with Crippen molar-refractivity contribution in [1.82, 2.24) is 0 Å². The van der Waals surface area contributed by atoms with E-state index in [0.717, 1.165) is 6.08 Å². The highest BCUT2D eigenvalue weighted by Crippen LogP contribution is 2.23. The van der Waals surface area contributed by atoms with Crippen LogP contribution in [0.4, 0.5) is 22.0 Å². The predicted molar refractivity (Wildman–Crippen MR) is 45.6 cm³/mol. The molecule has 0 atom stereocenters. The van der Waals surface area contributed by atoms with Gasteiger partial charge in [0.2, 0.25) is 12.1 Å². The van der Waals surface area contributed by atoms with Gasteiger partial charge in [0, 0.05) is 6.42 Å². The number of rotatable bonds is 3. The Bertz CT molecular complexity index is 424. The standard InChI is InChI=1S/C10H4F5O/c11-6-5(3-1-2-4-16)7(12)9(14)10(15)8(6)13/h1,3H,2H2/b3-1+. The summed E-state index contributed by atoms with van der Waals surface area (Å²) in [6.07, 6.45) is 2.64. The molecule has 1 rings (SSSR count). The highest BCUT2D eigenvalue weighted by atomic mass is 19.2. The number of hydrogen-bond acceptors (Lipinski definition) is 1. The molecule has 0 bridgehead atoms. The summed E-state index contributed by atoms with van der Waals surface area (Å²) >= 11 is 0. The third kappa shape index (κ3) is 2.10. The first-order valence-electron chi connectivity index (χ1n) is 4.03. The molecule has 0 aromatic heterocycles. The maximum atomic E-state index is 13.0. The van der Waals surface area contributed by atoms with Gasteiger partial charge in [-0.2, -0.15) is 0 Å². The summed E-state index contributed by atoms with van der Waals surface area (Å²) in [5.74, 6) is -10.1. The second-order valence-corrected chi connectivity index (χ2v) is 2.73. The van der Waals surface area contributed by atoms with Crippen molar-refractivity contribution in [3.63, 3.8) is 0 Å². The summed E-state index contributed by atoms with van der Waals surface area (Å²) in [5, 5.41) is 0. The molecule has 0 unspecified atom stereocenters. The first kappa shape index (κ1) is 12.4. The Morgan fingerprint density at radius 1 is 0.875 bits per heavy atom. The van der Waals surface area contributed by atoms with Gasteiger partial charge in [-0.25, -0.2) is 22.0 Å². The summed E-state index contributed by atoms with van der Waals surface area (Å²) in [4.78, 5) is 9.78. The molecule has 1 aromatic rings. The molecule has 0 saturated carbocycles. The summed E-state index contributed by atoms with van der Waals surface area (Å²) in [6, 6.07) is 0. The molecule has 0 saturated heterocycles. The van der Waals surface area contributed by atoms with Crippen molar-refractivity contribution < 1.29 is 26.7 Å². The molecule has 1 nitrogen and oxygen atoms in total. The highest BCUT2D eigenvalue weighted by Gasteiger charge is 2.23. The maximum absolute atomic E-state index is 13.0. The van der Waals surface area contributed by atoms with Gasteiger partial charge in [0.25, 0.3) is 0 Å². The fraction of sp³-hybridized carbons (Fsp3) is 0.100. The minimum Gasteiger partial charge on any atom is -0.291 e. The lowest BCUT2D eigenvalue weighted by atomic mass is 10.1. The summed E-state index contributed by atoms with van der Waals surface area (Å²) < 4.78 is 63.8. The zero-order chi connectivity index (χ0) is 12.3. The Labute approximate surface area is 87.2 Å². The minimum absolute atomic E-state index is 0.306. The van der Waals surface area contributed by atoms with E-state index in [4.69, 9.17) is 0 Å². The second-order valence-electron chi connectivity index (χ2n) is 2.73. The average molecular weight is 235 g/mol. The van der Waals surface area contributed by atoms with Crippen LogP contribution in [0.5, 0.6) is 0 Å². The molecule has 1 aromatic carbocycles. The van der Waals surface area contributed by atoms with Crippen LogP contribution in [0.1, 0.15) is 12.0 Å². The van der Waals surface area contributed by atoms with Gasteiger partial charge in [-0.1, -0.05) is 12.2 Å². The van der Waals surface area contributed by atoms with E-state index >= 15 is 0 Å². The number of hydrogen-bond donors (Lipinski definition) is 0. The highest BCUT2D eigenvalue weighted by molar-refractivity contribution is 5.59. The topological polar surface area (TPSA) is 17.1 Å². The lowest BCUT2D eigenvalue weighted by molar-refractivity contribution is 0.377. The second kappa shape index (κ2) is 4.87. The monoisotopic (exact) mass is 235 g/mol. The van der Waals surface area contributed by atoms with Crippen molar-refractivity contribution in [3.8, 4) is 0 Å². The average Bonchev–Trinajstić information content (AvgIpc) is 2.28. The van der Waals surface area contributed by atoms with Crippen LogP contribution in [-0.2, 0) is 4.79 Å². The van der Waals surface area contributed by atoms with E-state index in [2.05, 4.69) is 0 Å². The molecule has 0 amide bonds. The molecule has 0 N–H and O–H groups in total. The van der Waals surface area contributed by atoms with Crippen molar-refractivity contribution in [1.29, 1.82) is 0 Å². The van der Waals surface area contributed by atoms with Gasteiger partial charge in [-0.15, -0.1) is 0 Å². The zero-order valence-electron chi connectivity index (χ0n) is 7.66. The van der Waals surface area contributed by atoms with Gasteiger partial charge >= 0.3 is 0 Å². The van der Waals surface area contributed by atoms with E-state index in [0.29, 0.717) is 6.08 Å². The smallest absolute Gasteiger partial charge is 0.202 e. The number of allylic oxidation sites excluding steroid dienone is 1. The SMILES string of the molecule is O=[C]C/C=C/c1c(F)c(F)c(F)c(F)c1F. The normalized spacial score (nSPS) is 11.1. The summed E-state index contributed by atoms with van der Waals surface area (Å²) in [6.45, 7) is 0. The van der Waals surface area contributed by atoms with Gasteiger partial charge in [0.15, 0.2) is 23.3 Å². The van der Waals surface area contributed by atoms with Crippen LogP contribution < -0.4 is 0 Å². The molecule has 0 heterocycles. The first-order chi connectivity index (χ1) is 7.50. The number of halogens is 5. The quantitative estimate of drug-likeness (QED) is 0.447.